The molecule has 112 valence electrons. The third-order valence-corrected chi connectivity index (χ3v) is 3.87. The minimum Gasteiger partial charge on any atom is -0.302 e. The summed E-state index contributed by atoms with van der Waals surface area (Å²) in [6, 6.07) is 18.6. The number of hydrogen-bond acceptors (Lipinski definition) is 3. The summed E-state index contributed by atoms with van der Waals surface area (Å²) in [6.45, 7) is 2.17. The Balaban J connectivity index is 1.61. The first-order valence-corrected chi connectivity index (χ1v) is 7.63. The number of anilines is 1. The molecule has 1 N–H and O–H groups in total. The average Bonchev–Trinajstić information content (AvgIpc) is 2.57. The quantitative estimate of drug-likeness (QED) is 0.684. The molecule has 0 amide bonds. The summed E-state index contributed by atoms with van der Waals surface area (Å²) < 4.78 is 0. The van der Waals surface area contributed by atoms with Gasteiger partial charge in [0.05, 0.1) is 11.9 Å². The van der Waals surface area contributed by atoms with Crippen molar-refractivity contribution in [2.24, 2.45) is 5.10 Å². The van der Waals surface area contributed by atoms with Crippen molar-refractivity contribution in [3.63, 3.8) is 0 Å². The van der Waals surface area contributed by atoms with Crippen molar-refractivity contribution in [3.05, 3.63) is 71.8 Å². The highest BCUT2D eigenvalue weighted by Crippen LogP contribution is 2.23. The molecule has 0 unspecified atom stereocenters. The van der Waals surface area contributed by atoms with E-state index in [1.54, 1.807) is 0 Å². The third kappa shape index (κ3) is 3.83. The highest BCUT2D eigenvalue weighted by Gasteiger charge is 2.09. The van der Waals surface area contributed by atoms with Crippen LogP contribution in [0.1, 0.15) is 17.5 Å². The number of rotatable bonds is 4. The number of nitrogens with zero attached hydrogens (tertiary/aromatic N) is 2. The molecule has 0 saturated heterocycles. The van der Waals surface area contributed by atoms with E-state index < -0.39 is 0 Å². The van der Waals surface area contributed by atoms with Crippen LogP contribution in [0.2, 0.25) is 0 Å². The lowest BCUT2D eigenvalue weighted by molar-refractivity contribution is 0.370. The fourth-order valence-electron chi connectivity index (χ4n) is 2.51. The largest absolute Gasteiger partial charge is 0.302 e. The molecule has 0 aromatic heterocycles. The van der Waals surface area contributed by atoms with E-state index in [4.69, 9.17) is 0 Å². The topological polar surface area (TPSA) is 27.6 Å². The Morgan fingerprint density at radius 1 is 1.05 bits per heavy atom. The Bertz CT molecular complexity index is 657. The molecule has 0 saturated carbocycles. The molecule has 0 bridgehead atoms. The van der Waals surface area contributed by atoms with E-state index in [9.17, 15) is 0 Å². The minimum atomic E-state index is 1.00. The van der Waals surface area contributed by atoms with Gasteiger partial charge in [-0.05, 0) is 42.3 Å². The van der Waals surface area contributed by atoms with Gasteiger partial charge >= 0.3 is 0 Å². The second kappa shape index (κ2) is 7.05. The number of hydrazone groups is 1. The van der Waals surface area contributed by atoms with E-state index in [0.717, 1.165) is 30.8 Å². The Kier molecular flexibility index (Phi) is 4.66. The Labute approximate surface area is 132 Å². The summed E-state index contributed by atoms with van der Waals surface area (Å²) in [6.07, 6.45) is 5.27. The van der Waals surface area contributed by atoms with E-state index >= 15 is 0 Å². The molecule has 0 radical (unpaired) electrons. The van der Waals surface area contributed by atoms with E-state index in [-0.39, 0.29) is 0 Å². The molecule has 22 heavy (non-hydrogen) atoms. The summed E-state index contributed by atoms with van der Waals surface area (Å²) in [4.78, 5) is 2.33. The van der Waals surface area contributed by atoms with Gasteiger partial charge in [0.15, 0.2) is 0 Å². The molecule has 1 heterocycles. The van der Waals surface area contributed by atoms with Gasteiger partial charge < -0.3 is 4.90 Å². The molecule has 0 fully saturated rings. The maximum absolute atomic E-state index is 4.27. The first kappa shape index (κ1) is 14.5. The Morgan fingerprint density at radius 2 is 1.82 bits per heavy atom. The summed E-state index contributed by atoms with van der Waals surface area (Å²) in [5.74, 6) is 0. The summed E-state index contributed by atoms with van der Waals surface area (Å²) >= 11 is 0. The Morgan fingerprint density at radius 3 is 2.50 bits per heavy atom. The van der Waals surface area contributed by atoms with Crippen LogP contribution >= 0.6 is 0 Å². The van der Waals surface area contributed by atoms with Crippen molar-refractivity contribution in [2.45, 2.75) is 6.42 Å². The second-order valence-corrected chi connectivity index (χ2v) is 5.60. The lowest BCUT2D eigenvalue weighted by Gasteiger charge is -2.22. The standard InChI is InChI=1S/C19H21N3/c1-22-13-11-18(12-14-22)17-7-9-19(10-8-17)21-20-15-16-5-3-2-4-6-16/h2-11,15,21H,12-14H2,1H3/b20-15-. The molecule has 1 aliphatic heterocycles. The number of likely N-dealkylation sites (N-methyl/N-ethyl adjacent to an activating group) is 1. The van der Waals surface area contributed by atoms with Crippen LogP contribution in [0, 0.1) is 0 Å². The van der Waals surface area contributed by atoms with Crippen molar-refractivity contribution in [1.82, 2.24) is 4.90 Å². The zero-order valence-electron chi connectivity index (χ0n) is 12.9. The Hall–Kier alpha value is -2.39. The molecule has 0 aliphatic carbocycles. The van der Waals surface area contributed by atoms with Gasteiger partial charge in [-0.1, -0.05) is 48.5 Å². The molecule has 3 heteroatoms. The zero-order valence-corrected chi connectivity index (χ0v) is 12.9. The van der Waals surface area contributed by atoms with Crippen molar-refractivity contribution in [1.29, 1.82) is 0 Å². The molecular weight excluding hydrogens is 270 g/mol. The highest BCUT2D eigenvalue weighted by atomic mass is 15.3. The second-order valence-electron chi connectivity index (χ2n) is 5.60. The van der Waals surface area contributed by atoms with Crippen LogP contribution in [0.25, 0.3) is 5.57 Å². The lowest BCUT2D eigenvalue weighted by atomic mass is 9.99. The van der Waals surface area contributed by atoms with Crippen LogP contribution in [-0.2, 0) is 0 Å². The molecule has 2 aromatic carbocycles. The van der Waals surface area contributed by atoms with Gasteiger partial charge in [0, 0.05) is 13.1 Å². The number of benzene rings is 2. The maximum Gasteiger partial charge on any atom is 0.0562 e. The zero-order chi connectivity index (χ0) is 15.2. The lowest BCUT2D eigenvalue weighted by Crippen LogP contribution is -2.23. The van der Waals surface area contributed by atoms with Crippen molar-refractivity contribution in [2.75, 3.05) is 25.6 Å². The van der Waals surface area contributed by atoms with Crippen LogP contribution < -0.4 is 5.43 Å². The summed E-state index contributed by atoms with van der Waals surface area (Å²) in [7, 11) is 2.16. The van der Waals surface area contributed by atoms with Crippen LogP contribution in [-0.4, -0.2) is 31.3 Å². The van der Waals surface area contributed by atoms with E-state index in [1.165, 1.54) is 11.1 Å². The molecule has 3 nitrogen and oxygen atoms in total. The predicted octanol–water partition coefficient (Wildman–Crippen LogP) is 3.85. The average molecular weight is 291 g/mol. The molecule has 3 rings (SSSR count). The number of nitrogens with one attached hydrogen (secondary N) is 1. The first-order chi connectivity index (χ1) is 10.8. The van der Waals surface area contributed by atoms with Gasteiger partial charge in [-0.2, -0.15) is 5.10 Å². The van der Waals surface area contributed by atoms with Gasteiger partial charge in [-0.15, -0.1) is 0 Å². The SMILES string of the molecule is CN1CC=C(c2ccc(N/N=C\c3ccccc3)cc2)CC1. The molecule has 1 aliphatic rings. The van der Waals surface area contributed by atoms with E-state index in [0.29, 0.717) is 0 Å². The predicted molar refractivity (Wildman–Crippen MR) is 94.2 cm³/mol. The van der Waals surface area contributed by atoms with Gasteiger partial charge in [0.1, 0.15) is 0 Å². The van der Waals surface area contributed by atoms with Gasteiger partial charge in [0.2, 0.25) is 0 Å². The smallest absolute Gasteiger partial charge is 0.0562 e. The van der Waals surface area contributed by atoms with E-state index in [1.807, 2.05) is 36.5 Å². The van der Waals surface area contributed by atoms with Crippen molar-refractivity contribution in [3.8, 4) is 0 Å². The fraction of sp³-hybridized carbons (Fsp3) is 0.211. The van der Waals surface area contributed by atoms with E-state index in [2.05, 4.69) is 52.8 Å². The monoisotopic (exact) mass is 291 g/mol. The fourth-order valence-corrected chi connectivity index (χ4v) is 2.51. The number of hydrogen-bond donors (Lipinski definition) is 1. The molecular formula is C19H21N3. The van der Waals surface area contributed by atoms with Gasteiger partial charge in [-0.25, -0.2) is 0 Å². The molecule has 0 atom stereocenters. The minimum absolute atomic E-state index is 1.00. The summed E-state index contributed by atoms with van der Waals surface area (Å²) in [5.41, 5.74) is 7.92. The maximum atomic E-state index is 4.27. The highest BCUT2D eigenvalue weighted by molar-refractivity contribution is 5.80. The van der Waals surface area contributed by atoms with Gasteiger partial charge in [0.25, 0.3) is 0 Å². The van der Waals surface area contributed by atoms with Crippen LogP contribution in [0.3, 0.4) is 0 Å². The van der Waals surface area contributed by atoms with Gasteiger partial charge in [-0.3, -0.25) is 5.43 Å². The van der Waals surface area contributed by atoms with Crippen molar-refractivity contribution < 1.29 is 0 Å². The van der Waals surface area contributed by atoms with Crippen LogP contribution in [0.5, 0.6) is 0 Å². The van der Waals surface area contributed by atoms with Crippen LogP contribution in [0.15, 0.2) is 65.8 Å². The van der Waals surface area contributed by atoms with Crippen molar-refractivity contribution >= 4 is 17.5 Å². The third-order valence-electron chi connectivity index (χ3n) is 3.87. The molecule has 0 spiro atoms. The normalized spacial score (nSPS) is 15.8. The summed E-state index contributed by atoms with van der Waals surface area (Å²) in [5, 5.41) is 4.27. The first-order valence-electron chi connectivity index (χ1n) is 7.63. The molecule has 2 aromatic rings. The van der Waals surface area contributed by atoms with Crippen LogP contribution in [0.4, 0.5) is 5.69 Å².